The van der Waals surface area contributed by atoms with Gasteiger partial charge in [0.1, 0.15) is 0 Å². The van der Waals surface area contributed by atoms with Gasteiger partial charge in [0.15, 0.2) is 0 Å². The van der Waals surface area contributed by atoms with Crippen LogP contribution in [-0.4, -0.2) is 30.2 Å². The molecule has 8 heteroatoms. The van der Waals surface area contributed by atoms with Gasteiger partial charge in [0, 0.05) is 24.7 Å². The fourth-order valence-corrected chi connectivity index (χ4v) is 4.35. The van der Waals surface area contributed by atoms with E-state index in [1.165, 1.54) is 4.31 Å². The molecule has 116 valence electrons. The van der Waals surface area contributed by atoms with Gasteiger partial charge in [-0.25, -0.2) is 8.42 Å². The summed E-state index contributed by atoms with van der Waals surface area (Å²) in [5.74, 6) is -0.921. The molecule has 1 heterocycles. The molecule has 1 aromatic carbocycles. The van der Waals surface area contributed by atoms with Crippen LogP contribution in [0.2, 0.25) is 0 Å². The summed E-state index contributed by atoms with van der Waals surface area (Å²) in [6.07, 6.45) is 1.70. The van der Waals surface area contributed by atoms with Crippen LogP contribution in [0.4, 0.5) is 10.1 Å². The van der Waals surface area contributed by atoms with Crippen LogP contribution in [-0.2, 0) is 10.0 Å². The van der Waals surface area contributed by atoms with E-state index in [4.69, 9.17) is 0 Å². The molecule has 1 aliphatic heterocycles. The number of nitrogens with zero attached hydrogens (tertiary/aromatic N) is 2. The molecular weight excluding hydrogens is 299 g/mol. The van der Waals surface area contributed by atoms with E-state index in [0.717, 1.165) is 31.0 Å². The molecule has 1 aliphatic rings. The molecule has 1 saturated heterocycles. The Morgan fingerprint density at radius 1 is 1.38 bits per heavy atom. The Kier molecular flexibility index (Phi) is 4.29. The summed E-state index contributed by atoms with van der Waals surface area (Å²) < 4.78 is 40.1. The van der Waals surface area contributed by atoms with Gasteiger partial charge in [-0.2, -0.15) is 8.70 Å². The number of sulfonamides is 1. The van der Waals surface area contributed by atoms with Crippen molar-refractivity contribution in [3.63, 3.8) is 0 Å². The van der Waals surface area contributed by atoms with Crippen molar-refractivity contribution in [2.45, 2.75) is 37.6 Å². The third kappa shape index (κ3) is 2.91. The minimum atomic E-state index is -3.84. The Labute approximate surface area is 122 Å². The fourth-order valence-electron chi connectivity index (χ4n) is 2.57. The molecule has 1 fully saturated rings. The van der Waals surface area contributed by atoms with E-state index in [2.05, 4.69) is 0 Å². The number of nitro benzene ring substituents is 1. The maximum atomic E-state index is 13.6. The number of piperidine rings is 1. The second kappa shape index (κ2) is 5.69. The molecule has 2 unspecified atom stereocenters. The fraction of sp³-hybridized carbons (Fsp3) is 0.538. The van der Waals surface area contributed by atoms with Crippen molar-refractivity contribution in [3.8, 4) is 0 Å². The molecule has 1 aromatic rings. The zero-order valence-corrected chi connectivity index (χ0v) is 12.6. The summed E-state index contributed by atoms with van der Waals surface area (Å²) in [4.78, 5) is 9.46. The predicted octanol–water partition coefficient (Wildman–Crippen LogP) is 2.54. The molecule has 21 heavy (non-hydrogen) atoms. The van der Waals surface area contributed by atoms with Gasteiger partial charge < -0.3 is 0 Å². The standard InChI is InChI=1S/C13H17FN2O4S/c1-9-4-3-7-15(10(9)2)21(19,20)11-5-6-13(16(17)18)12(14)8-11/h5-6,8-10H,3-4,7H2,1-2H3. The molecule has 0 bridgehead atoms. The topological polar surface area (TPSA) is 80.5 Å². The lowest BCUT2D eigenvalue weighted by atomic mass is 9.94. The summed E-state index contributed by atoms with van der Waals surface area (Å²) >= 11 is 0. The van der Waals surface area contributed by atoms with Crippen molar-refractivity contribution in [1.82, 2.24) is 4.31 Å². The van der Waals surface area contributed by atoms with Crippen LogP contribution in [0, 0.1) is 21.8 Å². The normalized spacial score (nSPS) is 24.0. The minimum absolute atomic E-state index is 0.179. The van der Waals surface area contributed by atoms with Crippen LogP contribution in [0.25, 0.3) is 0 Å². The first-order chi connectivity index (χ1) is 9.75. The summed E-state index contributed by atoms with van der Waals surface area (Å²) in [6, 6.07) is 2.52. The maximum absolute atomic E-state index is 13.6. The van der Waals surface area contributed by atoms with Gasteiger partial charge in [-0.1, -0.05) is 6.92 Å². The van der Waals surface area contributed by atoms with Crippen molar-refractivity contribution < 1.29 is 17.7 Å². The zero-order chi connectivity index (χ0) is 15.8. The molecule has 2 rings (SSSR count). The van der Waals surface area contributed by atoms with Crippen LogP contribution in [0.15, 0.2) is 23.1 Å². The number of benzene rings is 1. The minimum Gasteiger partial charge on any atom is -0.258 e. The zero-order valence-electron chi connectivity index (χ0n) is 11.8. The Morgan fingerprint density at radius 2 is 2.05 bits per heavy atom. The van der Waals surface area contributed by atoms with E-state index in [1.54, 1.807) is 0 Å². The molecule has 0 amide bonds. The Morgan fingerprint density at radius 3 is 2.62 bits per heavy atom. The largest absolute Gasteiger partial charge is 0.304 e. The molecular formula is C13H17FN2O4S. The second-order valence-electron chi connectivity index (χ2n) is 5.35. The van der Waals surface area contributed by atoms with Crippen LogP contribution in [0.1, 0.15) is 26.7 Å². The number of halogens is 1. The quantitative estimate of drug-likeness (QED) is 0.634. The van der Waals surface area contributed by atoms with E-state index < -0.39 is 26.5 Å². The Balaban J connectivity index is 2.40. The number of rotatable bonds is 3. The molecule has 0 saturated carbocycles. The molecule has 0 spiro atoms. The first-order valence-corrected chi connectivity index (χ1v) is 8.15. The highest BCUT2D eigenvalue weighted by molar-refractivity contribution is 7.89. The first kappa shape index (κ1) is 15.8. The summed E-state index contributed by atoms with van der Waals surface area (Å²) in [5.41, 5.74) is -0.728. The predicted molar refractivity (Wildman–Crippen MR) is 74.8 cm³/mol. The summed E-state index contributed by atoms with van der Waals surface area (Å²) in [6.45, 7) is 4.18. The van der Waals surface area contributed by atoms with Gasteiger partial charge >= 0.3 is 5.69 Å². The van der Waals surface area contributed by atoms with E-state index >= 15 is 0 Å². The average molecular weight is 316 g/mol. The first-order valence-electron chi connectivity index (χ1n) is 6.71. The van der Waals surface area contributed by atoms with Crippen LogP contribution in [0.3, 0.4) is 0 Å². The van der Waals surface area contributed by atoms with E-state index in [0.29, 0.717) is 6.54 Å². The lowest BCUT2D eigenvalue weighted by Crippen LogP contribution is -2.45. The Bertz CT molecular complexity index is 662. The number of hydrogen-bond donors (Lipinski definition) is 0. The molecule has 0 aromatic heterocycles. The lowest BCUT2D eigenvalue weighted by Gasteiger charge is -2.36. The molecule has 0 N–H and O–H groups in total. The molecule has 0 radical (unpaired) electrons. The van der Waals surface area contributed by atoms with Crippen molar-refractivity contribution in [2.24, 2.45) is 5.92 Å². The molecule has 2 atom stereocenters. The highest BCUT2D eigenvalue weighted by Gasteiger charge is 2.35. The van der Waals surface area contributed by atoms with Gasteiger partial charge in [-0.05, 0) is 31.7 Å². The highest BCUT2D eigenvalue weighted by atomic mass is 32.2. The molecule has 0 aliphatic carbocycles. The maximum Gasteiger partial charge on any atom is 0.304 e. The summed E-state index contributed by atoms with van der Waals surface area (Å²) in [7, 11) is -3.84. The van der Waals surface area contributed by atoms with Crippen LogP contribution in [0.5, 0.6) is 0 Å². The van der Waals surface area contributed by atoms with Crippen molar-refractivity contribution >= 4 is 15.7 Å². The van der Waals surface area contributed by atoms with Crippen LogP contribution >= 0.6 is 0 Å². The van der Waals surface area contributed by atoms with E-state index in [9.17, 15) is 22.9 Å². The number of hydrogen-bond acceptors (Lipinski definition) is 4. The van der Waals surface area contributed by atoms with E-state index in [-0.39, 0.29) is 16.9 Å². The Hall–Kier alpha value is -1.54. The van der Waals surface area contributed by atoms with E-state index in [1.807, 2.05) is 13.8 Å². The average Bonchev–Trinajstić information content (AvgIpc) is 2.41. The highest BCUT2D eigenvalue weighted by Crippen LogP contribution is 2.30. The van der Waals surface area contributed by atoms with Gasteiger partial charge in [-0.15, -0.1) is 0 Å². The molecule has 6 nitrogen and oxygen atoms in total. The van der Waals surface area contributed by atoms with Crippen molar-refractivity contribution in [3.05, 3.63) is 34.1 Å². The monoisotopic (exact) mass is 316 g/mol. The van der Waals surface area contributed by atoms with Gasteiger partial charge in [-0.3, -0.25) is 10.1 Å². The smallest absolute Gasteiger partial charge is 0.258 e. The van der Waals surface area contributed by atoms with Crippen LogP contribution < -0.4 is 0 Å². The lowest BCUT2D eigenvalue weighted by molar-refractivity contribution is -0.387. The van der Waals surface area contributed by atoms with Gasteiger partial charge in [0.05, 0.1) is 9.82 Å². The van der Waals surface area contributed by atoms with Gasteiger partial charge in [0.25, 0.3) is 0 Å². The summed E-state index contributed by atoms with van der Waals surface area (Å²) in [5, 5.41) is 10.6. The third-order valence-corrected chi connectivity index (χ3v) is 6.02. The van der Waals surface area contributed by atoms with Crippen molar-refractivity contribution in [2.75, 3.05) is 6.54 Å². The SMILES string of the molecule is CC1CCCN(S(=O)(=O)c2ccc([N+](=O)[O-])c(F)c2)C1C. The number of nitro groups is 1. The van der Waals surface area contributed by atoms with Gasteiger partial charge in [0.2, 0.25) is 15.8 Å². The second-order valence-corrected chi connectivity index (χ2v) is 7.24. The third-order valence-electron chi connectivity index (χ3n) is 4.04. The van der Waals surface area contributed by atoms with Crippen molar-refractivity contribution in [1.29, 1.82) is 0 Å².